The molecule has 0 spiro atoms. The summed E-state index contributed by atoms with van der Waals surface area (Å²) < 4.78 is 0.824. The number of benzene rings is 2. The lowest BCUT2D eigenvalue weighted by atomic mass is 10.3. The molecule has 19 heavy (non-hydrogen) atoms. The van der Waals surface area contributed by atoms with Gasteiger partial charge in [-0.05, 0) is 30.3 Å². The molecule has 2 amide bonds. The van der Waals surface area contributed by atoms with Gasteiger partial charge in [-0.1, -0.05) is 51.3 Å². The number of hydrogen-bond acceptors (Lipinski definition) is 1. The van der Waals surface area contributed by atoms with Crippen LogP contribution in [0.15, 0.2) is 46.9 Å². The maximum absolute atomic E-state index is 11.8. The van der Waals surface area contributed by atoms with Crippen molar-refractivity contribution in [2.75, 3.05) is 10.6 Å². The summed E-state index contributed by atoms with van der Waals surface area (Å²) in [4.78, 5) is 11.8. The number of carbonyl (C=O) groups excluding carboxylic acids is 1. The Kier molecular flexibility index (Phi) is 4.69. The first-order chi connectivity index (χ1) is 9.06. The SMILES string of the molecule is O=C(Nc1ccccc1Cl)Nc1cc(Br)ccc1Cl. The molecule has 98 valence electrons. The third kappa shape index (κ3) is 3.86. The van der Waals surface area contributed by atoms with Crippen molar-refractivity contribution in [1.82, 2.24) is 0 Å². The molecule has 3 nitrogen and oxygen atoms in total. The molecule has 0 fully saturated rings. The Labute approximate surface area is 129 Å². The van der Waals surface area contributed by atoms with E-state index < -0.39 is 6.03 Å². The first-order valence-electron chi connectivity index (χ1n) is 5.34. The molecule has 0 unspecified atom stereocenters. The molecule has 6 heteroatoms. The highest BCUT2D eigenvalue weighted by molar-refractivity contribution is 9.10. The Hall–Kier alpha value is -1.23. The van der Waals surface area contributed by atoms with Crippen LogP contribution in [0.3, 0.4) is 0 Å². The predicted molar refractivity (Wildman–Crippen MR) is 83.2 cm³/mol. The van der Waals surface area contributed by atoms with Crippen molar-refractivity contribution in [3.8, 4) is 0 Å². The van der Waals surface area contributed by atoms with Crippen molar-refractivity contribution < 1.29 is 4.79 Å². The lowest BCUT2D eigenvalue weighted by Crippen LogP contribution is -2.19. The number of anilines is 2. The van der Waals surface area contributed by atoms with Crippen molar-refractivity contribution in [3.63, 3.8) is 0 Å². The minimum absolute atomic E-state index is 0.409. The van der Waals surface area contributed by atoms with Gasteiger partial charge in [0.25, 0.3) is 0 Å². The molecule has 0 saturated carbocycles. The van der Waals surface area contributed by atoms with E-state index in [1.165, 1.54) is 0 Å². The van der Waals surface area contributed by atoms with E-state index in [1.54, 1.807) is 42.5 Å². The molecule has 0 bridgehead atoms. The van der Waals surface area contributed by atoms with Crippen LogP contribution in [0.1, 0.15) is 0 Å². The quantitative estimate of drug-likeness (QED) is 0.740. The van der Waals surface area contributed by atoms with Crippen LogP contribution in [0, 0.1) is 0 Å². The number of rotatable bonds is 2. The number of para-hydroxylation sites is 1. The molecule has 2 N–H and O–H groups in total. The van der Waals surface area contributed by atoms with Crippen molar-refractivity contribution in [3.05, 3.63) is 57.0 Å². The fourth-order valence-electron chi connectivity index (χ4n) is 1.43. The maximum atomic E-state index is 11.8. The fourth-order valence-corrected chi connectivity index (χ4v) is 2.14. The van der Waals surface area contributed by atoms with Crippen LogP contribution in [0.5, 0.6) is 0 Å². The molecule has 2 rings (SSSR count). The second-order valence-corrected chi connectivity index (χ2v) is 5.41. The largest absolute Gasteiger partial charge is 0.323 e. The zero-order valence-corrected chi connectivity index (χ0v) is 12.7. The maximum Gasteiger partial charge on any atom is 0.323 e. The molecule has 2 aromatic carbocycles. The molecule has 0 saturated heterocycles. The van der Waals surface area contributed by atoms with Crippen LogP contribution in [0.25, 0.3) is 0 Å². The first kappa shape index (κ1) is 14.2. The van der Waals surface area contributed by atoms with Gasteiger partial charge >= 0.3 is 6.03 Å². The number of amides is 2. The van der Waals surface area contributed by atoms with Crippen molar-refractivity contribution in [2.24, 2.45) is 0 Å². The zero-order valence-electron chi connectivity index (χ0n) is 9.58. The Morgan fingerprint density at radius 3 is 2.32 bits per heavy atom. The summed E-state index contributed by atoms with van der Waals surface area (Å²) in [5.74, 6) is 0. The van der Waals surface area contributed by atoms with E-state index >= 15 is 0 Å². The van der Waals surface area contributed by atoms with Crippen LogP contribution < -0.4 is 10.6 Å². The average Bonchev–Trinajstić information content (AvgIpc) is 2.37. The molecular formula is C13H9BrCl2N2O. The third-order valence-corrected chi connectivity index (χ3v) is 3.45. The smallest absolute Gasteiger partial charge is 0.306 e. The second-order valence-electron chi connectivity index (χ2n) is 3.68. The van der Waals surface area contributed by atoms with Crippen molar-refractivity contribution in [1.29, 1.82) is 0 Å². The molecule has 0 heterocycles. The van der Waals surface area contributed by atoms with E-state index in [2.05, 4.69) is 26.6 Å². The van der Waals surface area contributed by atoms with Gasteiger partial charge in [0.15, 0.2) is 0 Å². The lowest BCUT2D eigenvalue weighted by molar-refractivity contribution is 0.262. The van der Waals surface area contributed by atoms with E-state index in [4.69, 9.17) is 23.2 Å². The van der Waals surface area contributed by atoms with E-state index in [9.17, 15) is 4.79 Å². The van der Waals surface area contributed by atoms with E-state index in [-0.39, 0.29) is 0 Å². The average molecular weight is 360 g/mol. The van der Waals surface area contributed by atoms with E-state index in [1.807, 2.05) is 0 Å². The number of halogens is 3. The van der Waals surface area contributed by atoms with Gasteiger partial charge in [-0.15, -0.1) is 0 Å². The fraction of sp³-hybridized carbons (Fsp3) is 0. The van der Waals surface area contributed by atoms with Crippen LogP contribution in [0.4, 0.5) is 16.2 Å². The number of hydrogen-bond donors (Lipinski definition) is 2. The van der Waals surface area contributed by atoms with Crippen molar-refractivity contribution in [2.45, 2.75) is 0 Å². The number of carbonyl (C=O) groups is 1. The third-order valence-electron chi connectivity index (χ3n) is 2.30. The second kappa shape index (κ2) is 6.28. The topological polar surface area (TPSA) is 41.1 Å². The van der Waals surface area contributed by atoms with Crippen LogP contribution >= 0.6 is 39.1 Å². The highest BCUT2D eigenvalue weighted by atomic mass is 79.9. The minimum atomic E-state index is -0.409. The summed E-state index contributed by atoms with van der Waals surface area (Å²) in [6.07, 6.45) is 0. The molecule has 0 aliphatic heterocycles. The molecular weight excluding hydrogens is 351 g/mol. The molecule has 0 atom stereocenters. The van der Waals surface area contributed by atoms with Gasteiger partial charge < -0.3 is 10.6 Å². The lowest BCUT2D eigenvalue weighted by Gasteiger charge is -2.10. The standard InChI is InChI=1S/C13H9BrCl2N2O/c14-8-5-6-10(16)12(7-8)18-13(19)17-11-4-2-1-3-9(11)15/h1-7H,(H2,17,18,19). The summed E-state index contributed by atoms with van der Waals surface area (Å²) in [7, 11) is 0. The molecule has 0 aromatic heterocycles. The van der Waals surface area contributed by atoms with E-state index in [0.717, 1.165) is 4.47 Å². The van der Waals surface area contributed by atoms with Gasteiger partial charge in [0.2, 0.25) is 0 Å². The summed E-state index contributed by atoms with van der Waals surface area (Å²) in [6, 6.07) is 11.8. The van der Waals surface area contributed by atoms with E-state index in [0.29, 0.717) is 21.4 Å². The monoisotopic (exact) mass is 358 g/mol. The Morgan fingerprint density at radius 2 is 1.58 bits per heavy atom. The number of urea groups is 1. The molecule has 2 aromatic rings. The summed E-state index contributed by atoms with van der Waals surface area (Å²) in [6.45, 7) is 0. The normalized spacial score (nSPS) is 10.1. The minimum Gasteiger partial charge on any atom is -0.306 e. The predicted octanol–water partition coefficient (Wildman–Crippen LogP) is 5.40. The first-order valence-corrected chi connectivity index (χ1v) is 6.89. The Morgan fingerprint density at radius 1 is 0.947 bits per heavy atom. The van der Waals surface area contributed by atoms with Gasteiger partial charge in [0, 0.05) is 4.47 Å². The van der Waals surface area contributed by atoms with Gasteiger partial charge in [0.05, 0.1) is 21.4 Å². The van der Waals surface area contributed by atoms with Crippen molar-refractivity contribution >= 4 is 56.5 Å². The zero-order chi connectivity index (χ0) is 13.8. The van der Waals surface area contributed by atoms with Gasteiger partial charge in [0.1, 0.15) is 0 Å². The molecule has 0 aliphatic rings. The highest BCUT2D eigenvalue weighted by Crippen LogP contribution is 2.26. The number of nitrogens with one attached hydrogen (secondary N) is 2. The van der Waals surface area contributed by atoms with Crippen LogP contribution in [0.2, 0.25) is 10.0 Å². The Balaban J connectivity index is 2.10. The van der Waals surface area contributed by atoms with Crippen LogP contribution in [-0.2, 0) is 0 Å². The summed E-state index contributed by atoms with van der Waals surface area (Å²) >= 11 is 15.3. The van der Waals surface area contributed by atoms with Gasteiger partial charge in [-0.25, -0.2) is 4.79 Å². The highest BCUT2D eigenvalue weighted by Gasteiger charge is 2.08. The summed E-state index contributed by atoms with van der Waals surface area (Å²) in [5.41, 5.74) is 1.05. The Bertz CT molecular complexity index is 619. The van der Waals surface area contributed by atoms with Gasteiger partial charge in [-0.2, -0.15) is 0 Å². The molecule has 0 radical (unpaired) electrons. The summed E-state index contributed by atoms with van der Waals surface area (Å²) in [5, 5.41) is 6.23. The van der Waals surface area contributed by atoms with Gasteiger partial charge in [-0.3, -0.25) is 0 Å². The van der Waals surface area contributed by atoms with Crippen LogP contribution in [-0.4, -0.2) is 6.03 Å². The molecule has 0 aliphatic carbocycles.